The first-order valence-electron chi connectivity index (χ1n) is 10.9. The first kappa shape index (κ1) is 20.4. The summed E-state index contributed by atoms with van der Waals surface area (Å²) >= 11 is 0. The van der Waals surface area contributed by atoms with Crippen molar-refractivity contribution in [1.82, 2.24) is 0 Å². The summed E-state index contributed by atoms with van der Waals surface area (Å²) in [6, 6.07) is 31.5. The summed E-state index contributed by atoms with van der Waals surface area (Å²) in [6.07, 6.45) is 0. The number of benzene rings is 4. The van der Waals surface area contributed by atoms with E-state index in [-0.39, 0.29) is 10.8 Å². The minimum Gasteiger partial charge on any atom is -0.0616 e. The van der Waals surface area contributed by atoms with Crippen LogP contribution in [0, 0.1) is 0 Å². The molecule has 0 saturated heterocycles. The first-order valence-corrected chi connectivity index (χ1v) is 10.9. The molecule has 4 aromatic rings. The second-order valence-corrected chi connectivity index (χ2v) is 10.4. The zero-order valence-corrected chi connectivity index (χ0v) is 19.1. The SMILES string of the molecule is CC(C)(C)c1ccc(-c2ccc(-c3ccc(C(C)(C)C)cc3)c3ccccc23)cc1. The number of hydrogen-bond acceptors (Lipinski definition) is 0. The summed E-state index contributed by atoms with van der Waals surface area (Å²) in [6.45, 7) is 13.6. The fourth-order valence-electron chi connectivity index (χ4n) is 4.10. The average molecular weight is 393 g/mol. The monoisotopic (exact) mass is 392 g/mol. The highest BCUT2D eigenvalue weighted by molar-refractivity contribution is 6.04. The fourth-order valence-corrected chi connectivity index (χ4v) is 4.10. The topological polar surface area (TPSA) is 0 Å². The van der Waals surface area contributed by atoms with Crippen molar-refractivity contribution in [3.8, 4) is 22.3 Å². The van der Waals surface area contributed by atoms with Crippen molar-refractivity contribution in [3.05, 3.63) is 96.1 Å². The van der Waals surface area contributed by atoms with E-state index in [2.05, 4.69) is 126 Å². The number of hydrogen-bond donors (Lipinski definition) is 0. The van der Waals surface area contributed by atoms with Gasteiger partial charge in [0.2, 0.25) is 0 Å². The Labute approximate surface area is 181 Å². The Morgan fingerprint density at radius 2 is 0.733 bits per heavy atom. The Morgan fingerprint density at radius 1 is 0.400 bits per heavy atom. The minimum atomic E-state index is 0.170. The van der Waals surface area contributed by atoms with E-state index in [9.17, 15) is 0 Å². The van der Waals surface area contributed by atoms with E-state index in [0.717, 1.165) is 0 Å². The van der Waals surface area contributed by atoms with Gasteiger partial charge in [-0.2, -0.15) is 0 Å². The van der Waals surface area contributed by atoms with Crippen LogP contribution in [0.4, 0.5) is 0 Å². The summed E-state index contributed by atoms with van der Waals surface area (Å²) < 4.78 is 0. The summed E-state index contributed by atoms with van der Waals surface area (Å²) in [4.78, 5) is 0. The van der Waals surface area contributed by atoms with Gasteiger partial charge in [0.05, 0.1) is 0 Å². The van der Waals surface area contributed by atoms with Gasteiger partial charge in [-0.05, 0) is 55.0 Å². The van der Waals surface area contributed by atoms with Gasteiger partial charge in [-0.3, -0.25) is 0 Å². The van der Waals surface area contributed by atoms with Gasteiger partial charge < -0.3 is 0 Å². The Bertz CT molecular complexity index is 1070. The molecule has 0 aliphatic rings. The molecule has 0 atom stereocenters. The van der Waals surface area contributed by atoms with E-state index < -0.39 is 0 Å². The van der Waals surface area contributed by atoms with Crippen LogP contribution in [0.15, 0.2) is 84.9 Å². The Balaban J connectivity index is 1.81. The molecule has 0 saturated carbocycles. The van der Waals surface area contributed by atoms with Crippen molar-refractivity contribution in [1.29, 1.82) is 0 Å². The molecule has 0 spiro atoms. The maximum absolute atomic E-state index is 2.28. The van der Waals surface area contributed by atoms with Crippen LogP contribution in [0.3, 0.4) is 0 Å². The molecule has 0 amide bonds. The zero-order valence-electron chi connectivity index (χ0n) is 19.1. The Hall–Kier alpha value is -2.86. The molecule has 0 aliphatic carbocycles. The lowest BCUT2D eigenvalue weighted by atomic mass is 9.85. The molecule has 0 nitrogen and oxygen atoms in total. The number of rotatable bonds is 2. The zero-order chi connectivity index (χ0) is 21.5. The van der Waals surface area contributed by atoms with Crippen molar-refractivity contribution >= 4 is 10.8 Å². The smallest absolute Gasteiger partial charge is 0.00992 e. The van der Waals surface area contributed by atoms with E-state index in [4.69, 9.17) is 0 Å². The van der Waals surface area contributed by atoms with Crippen LogP contribution < -0.4 is 0 Å². The average Bonchev–Trinajstić information content (AvgIpc) is 2.72. The predicted octanol–water partition coefficient (Wildman–Crippen LogP) is 8.77. The van der Waals surface area contributed by atoms with Crippen LogP contribution in [-0.4, -0.2) is 0 Å². The van der Waals surface area contributed by atoms with Crippen LogP contribution in [0.1, 0.15) is 52.7 Å². The van der Waals surface area contributed by atoms with Gasteiger partial charge >= 0.3 is 0 Å². The molecule has 0 heteroatoms. The molecule has 0 aliphatic heterocycles. The van der Waals surface area contributed by atoms with E-state index in [1.807, 2.05) is 0 Å². The molecule has 0 radical (unpaired) electrons. The predicted molar refractivity (Wildman–Crippen MR) is 132 cm³/mol. The molecule has 0 heterocycles. The molecule has 0 aromatic heterocycles. The van der Waals surface area contributed by atoms with Crippen molar-refractivity contribution < 1.29 is 0 Å². The molecule has 0 fully saturated rings. The molecule has 0 N–H and O–H groups in total. The lowest BCUT2D eigenvalue weighted by molar-refractivity contribution is 0.590. The number of fused-ring (bicyclic) bond motifs is 1. The van der Waals surface area contributed by atoms with Gasteiger partial charge in [0.25, 0.3) is 0 Å². The summed E-state index contributed by atoms with van der Waals surface area (Å²) in [7, 11) is 0. The van der Waals surface area contributed by atoms with Crippen LogP contribution in [0.25, 0.3) is 33.0 Å². The summed E-state index contributed by atoms with van der Waals surface area (Å²) in [5.41, 5.74) is 8.20. The second-order valence-electron chi connectivity index (χ2n) is 10.4. The molecule has 4 aromatic carbocycles. The highest BCUT2D eigenvalue weighted by Gasteiger charge is 2.16. The Morgan fingerprint density at radius 3 is 1.03 bits per heavy atom. The van der Waals surface area contributed by atoms with Crippen LogP contribution >= 0.6 is 0 Å². The van der Waals surface area contributed by atoms with E-state index >= 15 is 0 Å². The lowest BCUT2D eigenvalue weighted by Gasteiger charge is -2.20. The summed E-state index contributed by atoms with van der Waals surface area (Å²) in [5.74, 6) is 0. The van der Waals surface area contributed by atoms with E-state index in [0.29, 0.717) is 0 Å². The van der Waals surface area contributed by atoms with Gasteiger partial charge in [-0.25, -0.2) is 0 Å². The van der Waals surface area contributed by atoms with Gasteiger partial charge in [-0.1, -0.05) is 126 Å². The second kappa shape index (κ2) is 7.43. The minimum absolute atomic E-state index is 0.170. The van der Waals surface area contributed by atoms with E-state index in [1.165, 1.54) is 44.2 Å². The largest absolute Gasteiger partial charge is 0.0616 e. The van der Waals surface area contributed by atoms with Gasteiger partial charge in [-0.15, -0.1) is 0 Å². The van der Waals surface area contributed by atoms with Gasteiger partial charge in [0.1, 0.15) is 0 Å². The third-order valence-electron chi connectivity index (χ3n) is 6.05. The molecule has 4 rings (SSSR count). The molecular weight excluding hydrogens is 360 g/mol. The normalized spacial score (nSPS) is 12.3. The fraction of sp³-hybridized carbons (Fsp3) is 0.267. The van der Waals surface area contributed by atoms with Crippen molar-refractivity contribution in [2.24, 2.45) is 0 Å². The van der Waals surface area contributed by atoms with Gasteiger partial charge in [0, 0.05) is 0 Å². The van der Waals surface area contributed by atoms with Crippen molar-refractivity contribution in [3.63, 3.8) is 0 Å². The highest BCUT2D eigenvalue weighted by atomic mass is 14.2. The molecule has 30 heavy (non-hydrogen) atoms. The van der Waals surface area contributed by atoms with Crippen molar-refractivity contribution in [2.45, 2.75) is 52.4 Å². The van der Waals surface area contributed by atoms with Gasteiger partial charge in [0.15, 0.2) is 0 Å². The third-order valence-corrected chi connectivity index (χ3v) is 6.05. The lowest BCUT2D eigenvalue weighted by Crippen LogP contribution is -2.10. The van der Waals surface area contributed by atoms with Crippen LogP contribution in [-0.2, 0) is 10.8 Å². The molecule has 0 bridgehead atoms. The molecular formula is C30H32. The third kappa shape index (κ3) is 3.92. The van der Waals surface area contributed by atoms with Crippen LogP contribution in [0.2, 0.25) is 0 Å². The summed E-state index contributed by atoms with van der Waals surface area (Å²) in [5, 5.41) is 2.61. The Kier molecular flexibility index (Phi) is 5.06. The maximum atomic E-state index is 2.28. The molecule has 152 valence electrons. The van der Waals surface area contributed by atoms with E-state index in [1.54, 1.807) is 0 Å². The standard InChI is InChI=1S/C30H32/c1-29(2,3)23-15-11-21(12-16-23)25-19-20-26(28-10-8-7-9-27(25)28)22-13-17-24(18-14-22)30(4,5)6/h7-20H,1-6H3. The van der Waals surface area contributed by atoms with Crippen molar-refractivity contribution in [2.75, 3.05) is 0 Å². The van der Waals surface area contributed by atoms with Crippen LogP contribution in [0.5, 0.6) is 0 Å². The quantitative estimate of drug-likeness (QED) is 0.320. The molecule has 0 unspecified atom stereocenters. The highest BCUT2D eigenvalue weighted by Crippen LogP contribution is 2.37. The first-order chi connectivity index (χ1) is 14.1. The maximum Gasteiger partial charge on any atom is -0.00992 e.